The van der Waals surface area contributed by atoms with E-state index in [1.54, 1.807) is 0 Å². The minimum absolute atomic E-state index is 0. The van der Waals surface area contributed by atoms with Gasteiger partial charge >= 0.3 is 5.97 Å². The van der Waals surface area contributed by atoms with Crippen molar-refractivity contribution in [2.45, 2.75) is 37.5 Å². The first-order valence-corrected chi connectivity index (χ1v) is 6.14. The van der Waals surface area contributed by atoms with Crippen molar-refractivity contribution in [2.75, 3.05) is 19.4 Å². The van der Waals surface area contributed by atoms with Crippen molar-refractivity contribution in [3.05, 3.63) is 0 Å². The molecule has 0 saturated carbocycles. The van der Waals surface area contributed by atoms with Crippen LogP contribution in [0.1, 0.15) is 26.7 Å². The Bertz CT molecular complexity index is 210. The number of carbonyl (C=O) groups is 1. The monoisotopic (exact) mass is 253 g/mol. The lowest BCUT2D eigenvalue weighted by atomic mass is 9.92. The van der Waals surface area contributed by atoms with Crippen LogP contribution < -0.4 is 5.32 Å². The molecule has 1 aliphatic heterocycles. The summed E-state index contributed by atoms with van der Waals surface area (Å²) in [5, 5.41) is 3.27. The molecule has 0 aromatic rings. The van der Waals surface area contributed by atoms with Gasteiger partial charge in [-0.3, -0.25) is 4.79 Å². The molecule has 1 fully saturated rings. The van der Waals surface area contributed by atoms with Gasteiger partial charge in [0.15, 0.2) is 0 Å². The summed E-state index contributed by atoms with van der Waals surface area (Å²) in [7, 11) is 1.46. The fourth-order valence-electron chi connectivity index (χ4n) is 2.01. The first kappa shape index (κ1) is 15.1. The van der Waals surface area contributed by atoms with E-state index in [-0.39, 0.29) is 29.2 Å². The number of esters is 1. The molecule has 0 radical (unpaired) electrons. The lowest BCUT2D eigenvalue weighted by molar-refractivity contribution is -0.144. The number of hydrogen-bond donors (Lipinski definition) is 1. The second-order valence-electron chi connectivity index (χ2n) is 3.53. The maximum atomic E-state index is 11.6. The van der Waals surface area contributed by atoms with Crippen molar-refractivity contribution >= 4 is 30.1 Å². The number of hydrogen-bond acceptors (Lipinski definition) is 4. The normalized spacial score (nSPS) is 24.1. The molecular formula is C10H20ClNO2S. The number of nitrogens with one attached hydrogen (secondary N) is 1. The van der Waals surface area contributed by atoms with Gasteiger partial charge in [0.05, 0.1) is 7.11 Å². The summed E-state index contributed by atoms with van der Waals surface area (Å²) < 4.78 is 4.87. The molecule has 15 heavy (non-hydrogen) atoms. The Morgan fingerprint density at radius 1 is 1.53 bits per heavy atom. The lowest BCUT2D eigenvalue weighted by Gasteiger charge is -2.41. The Labute approximate surface area is 102 Å². The molecule has 1 saturated heterocycles. The molecule has 1 aliphatic rings. The minimum Gasteiger partial charge on any atom is -0.468 e. The predicted molar refractivity (Wildman–Crippen MR) is 66.8 cm³/mol. The fourth-order valence-corrected chi connectivity index (χ4v) is 3.39. The Hall–Kier alpha value is 0.0700. The SMILES string of the molecule is CCC1(CC)SCCNC1C(=O)OC.Cl. The van der Waals surface area contributed by atoms with Gasteiger partial charge in [-0.25, -0.2) is 0 Å². The van der Waals surface area contributed by atoms with Gasteiger partial charge in [-0.1, -0.05) is 13.8 Å². The van der Waals surface area contributed by atoms with Gasteiger partial charge in [0.25, 0.3) is 0 Å². The summed E-state index contributed by atoms with van der Waals surface area (Å²) in [6, 6.07) is -0.138. The van der Waals surface area contributed by atoms with E-state index >= 15 is 0 Å². The van der Waals surface area contributed by atoms with E-state index in [1.165, 1.54) is 7.11 Å². The Morgan fingerprint density at radius 2 is 2.13 bits per heavy atom. The summed E-state index contributed by atoms with van der Waals surface area (Å²) in [6.45, 7) is 5.17. The van der Waals surface area contributed by atoms with E-state index in [0.717, 1.165) is 25.1 Å². The van der Waals surface area contributed by atoms with Crippen LogP contribution in [0, 0.1) is 0 Å². The molecule has 1 heterocycles. The van der Waals surface area contributed by atoms with Crippen LogP contribution in [0.3, 0.4) is 0 Å². The molecule has 1 N–H and O–H groups in total. The van der Waals surface area contributed by atoms with Crippen molar-refractivity contribution in [3.8, 4) is 0 Å². The van der Waals surface area contributed by atoms with Crippen molar-refractivity contribution in [1.29, 1.82) is 0 Å². The van der Waals surface area contributed by atoms with E-state index in [4.69, 9.17) is 4.74 Å². The largest absolute Gasteiger partial charge is 0.468 e. The summed E-state index contributed by atoms with van der Waals surface area (Å²) >= 11 is 1.90. The average Bonchev–Trinajstić information content (AvgIpc) is 2.27. The number of halogens is 1. The van der Waals surface area contributed by atoms with Crippen molar-refractivity contribution in [2.24, 2.45) is 0 Å². The average molecular weight is 254 g/mol. The van der Waals surface area contributed by atoms with Crippen LogP contribution in [-0.2, 0) is 9.53 Å². The molecule has 0 aliphatic carbocycles. The summed E-state index contributed by atoms with van der Waals surface area (Å²) in [4.78, 5) is 11.6. The molecule has 3 nitrogen and oxygen atoms in total. The second-order valence-corrected chi connectivity index (χ2v) is 5.04. The Kier molecular flexibility index (Phi) is 6.64. The predicted octanol–water partition coefficient (Wildman–Crippen LogP) is 1.84. The highest BCUT2D eigenvalue weighted by Crippen LogP contribution is 2.38. The second kappa shape index (κ2) is 6.61. The van der Waals surface area contributed by atoms with E-state index in [2.05, 4.69) is 19.2 Å². The van der Waals surface area contributed by atoms with E-state index in [1.807, 2.05) is 11.8 Å². The molecule has 1 atom stereocenters. The van der Waals surface area contributed by atoms with Crippen molar-refractivity contribution < 1.29 is 9.53 Å². The van der Waals surface area contributed by atoms with Crippen molar-refractivity contribution in [3.63, 3.8) is 0 Å². The maximum absolute atomic E-state index is 11.6. The van der Waals surface area contributed by atoms with Crippen LogP contribution in [-0.4, -0.2) is 36.2 Å². The molecular weight excluding hydrogens is 234 g/mol. The van der Waals surface area contributed by atoms with Gasteiger partial charge in [-0.2, -0.15) is 11.8 Å². The quantitative estimate of drug-likeness (QED) is 0.779. The van der Waals surface area contributed by atoms with Crippen LogP contribution in [0.2, 0.25) is 0 Å². The highest BCUT2D eigenvalue weighted by atomic mass is 35.5. The van der Waals surface area contributed by atoms with Gasteiger partial charge in [-0.05, 0) is 12.8 Å². The highest BCUT2D eigenvalue weighted by Gasteiger charge is 2.43. The van der Waals surface area contributed by atoms with Crippen molar-refractivity contribution in [1.82, 2.24) is 5.32 Å². The van der Waals surface area contributed by atoms with Crippen LogP contribution in [0.25, 0.3) is 0 Å². The van der Waals surface area contributed by atoms with Gasteiger partial charge in [0.1, 0.15) is 6.04 Å². The molecule has 1 unspecified atom stereocenters. The van der Waals surface area contributed by atoms with Crippen LogP contribution in [0.4, 0.5) is 0 Å². The zero-order chi connectivity index (χ0) is 10.6. The van der Waals surface area contributed by atoms with Crippen LogP contribution in [0.5, 0.6) is 0 Å². The summed E-state index contributed by atoms with van der Waals surface area (Å²) in [6.07, 6.45) is 2.00. The number of methoxy groups -OCH3 is 1. The van der Waals surface area contributed by atoms with Crippen LogP contribution >= 0.6 is 24.2 Å². The van der Waals surface area contributed by atoms with Gasteiger partial charge in [0, 0.05) is 17.0 Å². The summed E-state index contributed by atoms with van der Waals surface area (Å²) in [5.74, 6) is 0.954. The maximum Gasteiger partial charge on any atom is 0.324 e. The fraction of sp³-hybridized carbons (Fsp3) is 0.900. The third kappa shape index (κ3) is 3.02. The smallest absolute Gasteiger partial charge is 0.324 e. The lowest BCUT2D eigenvalue weighted by Crippen LogP contribution is -2.57. The van der Waals surface area contributed by atoms with E-state index in [9.17, 15) is 4.79 Å². The zero-order valence-corrected chi connectivity index (χ0v) is 11.2. The number of carbonyl (C=O) groups excluding carboxylic acids is 1. The Morgan fingerprint density at radius 3 is 2.60 bits per heavy atom. The number of thioether (sulfide) groups is 1. The third-order valence-corrected chi connectivity index (χ3v) is 4.80. The number of rotatable bonds is 3. The van der Waals surface area contributed by atoms with Gasteiger partial charge in [0.2, 0.25) is 0 Å². The first-order valence-electron chi connectivity index (χ1n) is 5.15. The molecule has 0 spiro atoms. The topological polar surface area (TPSA) is 38.3 Å². The zero-order valence-electron chi connectivity index (χ0n) is 9.54. The highest BCUT2D eigenvalue weighted by molar-refractivity contribution is 8.00. The summed E-state index contributed by atoms with van der Waals surface area (Å²) in [5.41, 5.74) is 0. The number of ether oxygens (including phenoxy) is 1. The van der Waals surface area contributed by atoms with E-state index in [0.29, 0.717) is 0 Å². The molecule has 0 amide bonds. The van der Waals surface area contributed by atoms with Gasteiger partial charge < -0.3 is 10.1 Å². The third-order valence-electron chi connectivity index (χ3n) is 3.00. The Balaban J connectivity index is 0.00000196. The standard InChI is InChI=1S/C10H19NO2S.ClH/c1-4-10(5-2)8(9(12)13-3)11-6-7-14-10;/h8,11H,4-7H2,1-3H3;1H. The molecule has 0 aromatic heterocycles. The molecule has 0 bridgehead atoms. The van der Waals surface area contributed by atoms with Crippen LogP contribution in [0.15, 0.2) is 0 Å². The molecule has 1 rings (SSSR count). The van der Waals surface area contributed by atoms with Gasteiger partial charge in [-0.15, -0.1) is 12.4 Å². The minimum atomic E-state index is -0.138. The van der Waals surface area contributed by atoms with E-state index < -0.39 is 0 Å². The molecule has 90 valence electrons. The first-order chi connectivity index (χ1) is 6.70. The molecule has 0 aromatic carbocycles. The molecule has 5 heteroatoms.